The van der Waals surface area contributed by atoms with E-state index in [1.165, 1.54) is 0 Å². The number of para-hydroxylation sites is 1. The average Bonchev–Trinajstić information content (AvgIpc) is 2.93. The van der Waals surface area contributed by atoms with Crippen molar-refractivity contribution >= 4 is 17.0 Å². The predicted octanol–water partition coefficient (Wildman–Crippen LogP) is 3.22. The van der Waals surface area contributed by atoms with Gasteiger partial charge in [-0.2, -0.15) is 0 Å². The number of carbonyl (C=O) groups is 1. The Morgan fingerprint density at radius 3 is 2.87 bits per heavy atom. The maximum absolute atomic E-state index is 11.8. The summed E-state index contributed by atoms with van der Waals surface area (Å²) in [6, 6.07) is 15.2. The maximum Gasteiger partial charge on any atom is 0.223 e. The smallest absolute Gasteiger partial charge is 0.223 e. The van der Waals surface area contributed by atoms with E-state index in [0.717, 1.165) is 22.4 Å². The van der Waals surface area contributed by atoms with Crippen molar-refractivity contribution < 1.29 is 13.9 Å². The van der Waals surface area contributed by atoms with Gasteiger partial charge in [0.1, 0.15) is 11.3 Å². The van der Waals surface area contributed by atoms with Gasteiger partial charge in [0.25, 0.3) is 0 Å². The number of benzene rings is 2. The molecule has 0 atom stereocenters. The molecule has 0 bridgehead atoms. The molecule has 3 aromatic rings. The molecule has 0 saturated heterocycles. The lowest BCUT2D eigenvalue weighted by molar-refractivity contribution is -0.121. The summed E-state index contributed by atoms with van der Waals surface area (Å²) in [5.41, 5.74) is 2.54. The molecule has 1 heterocycles. The van der Waals surface area contributed by atoms with E-state index in [1.807, 2.05) is 55.5 Å². The molecule has 5 nitrogen and oxygen atoms in total. The fraction of sp³-hybridized carbons (Fsp3) is 0.222. The highest BCUT2D eigenvalue weighted by Gasteiger charge is 2.05. The molecule has 2 aromatic carbocycles. The molecule has 118 valence electrons. The standard InChI is InChI=1S/C18H18N2O3/c1-13-20-16-8-7-14(11-17(16)23-13)12-19-18(21)9-10-22-15-5-3-2-4-6-15/h2-8,11H,9-10,12H2,1H3,(H,19,21). The number of ether oxygens (including phenoxy) is 1. The molecule has 0 aliphatic rings. The quantitative estimate of drug-likeness (QED) is 0.759. The van der Waals surface area contributed by atoms with Crippen LogP contribution in [0, 0.1) is 6.92 Å². The average molecular weight is 310 g/mol. The first-order valence-corrected chi connectivity index (χ1v) is 7.51. The van der Waals surface area contributed by atoms with Crippen molar-refractivity contribution in [2.24, 2.45) is 0 Å². The monoisotopic (exact) mass is 310 g/mol. The van der Waals surface area contributed by atoms with Crippen LogP contribution in [0.3, 0.4) is 0 Å². The molecule has 0 unspecified atom stereocenters. The highest BCUT2D eigenvalue weighted by Crippen LogP contribution is 2.16. The number of hydrogen-bond donors (Lipinski definition) is 1. The minimum absolute atomic E-state index is 0.0465. The Hall–Kier alpha value is -2.82. The lowest BCUT2D eigenvalue weighted by Gasteiger charge is -2.07. The van der Waals surface area contributed by atoms with Gasteiger partial charge in [-0.05, 0) is 29.8 Å². The molecule has 1 N–H and O–H groups in total. The Bertz CT molecular complexity index is 796. The highest BCUT2D eigenvalue weighted by molar-refractivity contribution is 5.76. The normalized spacial score (nSPS) is 10.7. The number of rotatable bonds is 6. The van der Waals surface area contributed by atoms with Crippen LogP contribution in [0.15, 0.2) is 52.9 Å². The Morgan fingerprint density at radius 2 is 2.04 bits per heavy atom. The van der Waals surface area contributed by atoms with E-state index < -0.39 is 0 Å². The molecule has 3 rings (SSSR count). The van der Waals surface area contributed by atoms with Gasteiger partial charge in [-0.3, -0.25) is 4.79 Å². The molecule has 5 heteroatoms. The van der Waals surface area contributed by atoms with Crippen molar-refractivity contribution in [3.05, 3.63) is 60.0 Å². The van der Waals surface area contributed by atoms with Gasteiger partial charge >= 0.3 is 0 Å². The highest BCUT2D eigenvalue weighted by atomic mass is 16.5. The lowest BCUT2D eigenvalue weighted by atomic mass is 10.2. The lowest BCUT2D eigenvalue weighted by Crippen LogP contribution is -2.24. The summed E-state index contributed by atoms with van der Waals surface area (Å²) >= 11 is 0. The number of fused-ring (bicyclic) bond motifs is 1. The molecule has 1 amide bonds. The minimum Gasteiger partial charge on any atom is -0.493 e. The van der Waals surface area contributed by atoms with Gasteiger partial charge in [0.15, 0.2) is 11.5 Å². The third kappa shape index (κ3) is 4.10. The first-order chi connectivity index (χ1) is 11.2. The van der Waals surface area contributed by atoms with Crippen LogP contribution in [0.4, 0.5) is 0 Å². The van der Waals surface area contributed by atoms with Crippen molar-refractivity contribution in [3.63, 3.8) is 0 Å². The summed E-state index contributed by atoms with van der Waals surface area (Å²) in [6.45, 7) is 2.63. The van der Waals surface area contributed by atoms with Crippen molar-refractivity contribution in [2.45, 2.75) is 19.9 Å². The number of aryl methyl sites for hydroxylation is 1. The van der Waals surface area contributed by atoms with Gasteiger partial charge in [-0.1, -0.05) is 24.3 Å². The fourth-order valence-electron chi connectivity index (χ4n) is 2.26. The third-order valence-corrected chi connectivity index (χ3v) is 3.39. The van der Waals surface area contributed by atoms with Crippen molar-refractivity contribution in [2.75, 3.05) is 6.61 Å². The van der Waals surface area contributed by atoms with Crippen LogP contribution in [-0.4, -0.2) is 17.5 Å². The van der Waals surface area contributed by atoms with Crippen LogP contribution in [0.25, 0.3) is 11.1 Å². The second-order valence-corrected chi connectivity index (χ2v) is 5.22. The molecular weight excluding hydrogens is 292 g/mol. The van der Waals surface area contributed by atoms with Crippen LogP contribution in [0.2, 0.25) is 0 Å². The Labute approximate surface area is 134 Å². The molecule has 0 spiro atoms. The zero-order valence-corrected chi connectivity index (χ0v) is 12.9. The minimum atomic E-state index is -0.0465. The summed E-state index contributed by atoms with van der Waals surface area (Å²) in [4.78, 5) is 16.1. The molecule has 0 fully saturated rings. The topological polar surface area (TPSA) is 64.4 Å². The first-order valence-electron chi connectivity index (χ1n) is 7.51. The van der Waals surface area contributed by atoms with Crippen LogP contribution in [-0.2, 0) is 11.3 Å². The molecule has 0 aliphatic heterocycles. The molecule has 1 aromatic heterocycles. The third-order valence-electron chi connectivity index (χ3n) is 3.39. The summed E-state index contributed by atoms with van der Waals surface area (Å²) in [5.74, 6) is 1.36. The number of oxazole rings is 1. The van der Waals surface area contributed by atoms with E-state index >= 15 is 0 Å². The first kappa shape index (κ1) is 15.1. The number of amides is 1. The fourth-order valence-corrected chi connectivity index (χ4v) is 2.26. The number of carbonyl (C=O) groups excluding carboxylic acids is 1. The van der Waals surface area contributed by atoms with Crippen molar-refractivity contribution in [3.8, 4) is 5.75 Å². The second kappa shape index (κ2) is 6.96. The van der Waals surface area contributed by atoms with Crippen LogP contribution >= 0.6 is 0 Å². The molecule has 0 aliphatic carbocycles. The summed E-state index contributed by atoms with van der Waals surface area (Å²) in [6.07, 6.45) is 0.318. The predicted molar refractivity (Wildman–Crippen MR) is 87.1 cm³/mol. The van der Waals surface area contributed by atoms with Gasteiger partial charge in [0, 0.05) is 13.5 Å². The summed E-state index contributed by atoms with van der Waals surface area (Å²) < 4.78 is 11.0. The summed E-state index contributed by atoms with van der Waals surface area (Å²) in [7, 11) is 0. The van der Waals surface area contributed by atoms with Gasteiger partial charge in [-0.15, -0.1) is 0 Å². The van der Waals surface area contributed by atoms with E-state index in [2.05, 4.69) is 10.3 Å². The second-order valence-electron chi connectivity index (χ2n) is 5.22. The van der Waals surface area contributed by atoms with Crippen molar-refractivity contribution in [1.82, 2.24) is 10.3 Å². The largest absolute Gasteiger partial charge is 0.493 e. The van der Waals surface area contributed by atoms with Crippen LogP contribution < -0.4 is 10.1 Å². The Kier molecular flexibility index (Phi) is 4.57. The van der Waals surface area contributed by atoms with Gasteiger partial charge in [-0.25, -0.2) is 4.98 Å². The Morgan fingerprint density at radius 1 is 1.22 bits per heavy atom. The van der Waals surface area contributed by atoms with Gasteiger partial charge in [0.05, 0.1) is 13.0 Å². The van der Waals surface area contributed by atoms with E-state index in [9.17, 15) is 4.79 Å². The molecular formula is C18H18N2O3. The van der Waals surface area contributed by atoms with Gasteiger partial charge < -0.3 is 14.5 Å². The van der Waals surface area contributed by atoms with E-state index in [0.29, 0.717) is 25.5 Å². The zero-order valence-electron chi connectivity index (χ0n) is 12.9. The SMILES string of the molecule is Cc1nc2ccc(CNC(=O)CCOc3ccccc3)cc2o1. The van der Waals surface area contributed by atoms with Gasteiger partial charge in [0.2, 0.25) is 5.91 Å². The van der Waals surface area contributed by atoms with Crippen LogP contribution in [0.1, 0.15) is 17.9 Å². The molecule has 0 radical (unpaired) electrons. The molecule has 0 saturated carbocycles. The summed E-state index contributed by atoms with van der Waals surface area (Å²) in [5, 5.41) is 2.88. The zero-order chi connectivity index (χ0) is 16.1. The number of nitrogens with one attached hydrogen (secondary N) is 1. The van der Waals surface area contributed by atoms with E-state index in [-0.39, 0.29) is 5.91 Å². The Balaban J connectivity index is 1.46. The maximum atomic E-state index is 11.8. The number of aromatic nitrogens is 1. The van der Waals surface area contributed by atoms with E-state index in [1.54, 1.807) is 0 Å². The molecule has 23 heavy (non-hydrogen) atoms. The van der Waals surface area contributed by atoms with E-state index in [4.69, 9.17) is 9.15 Å². The van der Waals surface area contributed by atoms with Crippen LogP contribution in [0.5, 0.6) is 5.75 Å². The number of nitrogens with zero attached hydrogens (tertiary/aromatic N) is 1. The number of hydrogen-bond acceptors (Lipinski definition) is 4. The van der Waals surface area contributed by atoms with Crippen molar-refractivity contribution in [1.29, 1.82) is 0 Å².